The van der Waals surface area contributed by atoms with Crippen LogP contribution in [0.1, 0.15) is 50.2 Å². The zero-order valence-electron chi connectivity index (χ0n) is 12.2. The Morgan fingerprint density at radius 1 is 1.39 bits per heavy atom. The molecule has 2 unspecified atom stereocenters. The van der Waals surface area contributed by atoms with Crippen molar-refractivity contribution in [2.75, 3.05) is 18.5 Å². The predicted octanol–water partition coefficient (Wildman–Crippen LogP) is 3.36. The van der Waals surface area contributed by atoms with Gasteiger partial charge in [0.15, 0.2) is 5.13 Å². The van der Waals surface area contributed by atoms with Crippen LogP contribution in [0.2, 0.25) is 0 Å². The molecular weight excluding hydrogens is 242 g/mol. The van der Waals surface area contributed by atoms with E-state index >= 15 is 0 Å². The first-order chi connectivity index (χ1) is 8.54. The summed E-state index contributed by atoms with van der Waals surface area (Å²) in [6, 6.07) is 1.07. The third-order valence-corrected chi connectivity index (χ3v) is 5.34. The van der Waals surface area contributed by atoms with Crippen LogP contribution in [0.4, 0.5) is 5.13 Å². The minimum Gasteiger partial charge on any atom is -0.345 e. The topological polar surface area (TPSA) is 28.2 Å². The molecule has 0 saturated carbocycles. The van der Waals surface area contributed by atoms with E-state index in [1.54, 1.807) is 0 Å². The number of aromatic nitrogens is 1. The normalized spacial score (nSPS) is 21.9. The lowest BCUT2D eigenvalue weighted by atomic mass is 10.0. The van der Waals surface area contributed by atoms with Crippen molar-refractivity contribution in [2.24, 2.45) is 5.92 Å². The number of nitrogens with zero attached hydrogens (tertiary/aromatic N) is 2. The number of hydrogen-bond donors (Lipinski definition) is 1. The van der Waals surface area contributed by atoms with Gasteiger partial charge >= 0.3 is 0 Å². The molecule has 102 valence electrons. The van der Waals surface area contributed by atoms with E-state index < -0.39 is 0 Å². The van der Waals surface area contributed by atoms with E-state index in [2.05, 4.69) is 37.9 Å². The molecule has 1 aromatic heterocycles. The van der Waals surface area contributed by atoms with Crippen molar-refractivity contribution >= 4 is 16.5 Å². The number of hydrogen-bond acceptors (Lipinski definition) is 4. The molecule has 1 N–H and O–H groups in total. The monoisotopic (exact) mass is 267 g/mol. The Morgan fingerprint density at radius 2 is 2.11 bits per heavy atom. The molecule has 0 aliphatic carbocycles. The van der Waals surface area contributed by atoms with Gasteiger partial charge in [0.25, 0.3) is 0 Å². The van der Waals surface area contributed by atoms with Crippen LogP contribution in [0.15, 0.2) is 0 Å². The van der Waals surface area contributed by atoms with Crippen molar-refractivity contribution in [3.8, 4) is 0 Å². The van der Waals surface area contributed by atoms with Gasteiger partial charge in [-0.3, -0.25) is 0 Å². The molecule has 1 fully saturated rings. The van der Waals surface area contributed by atoms with Crippen LogP contribution < -0.4 is 10.2 Å². The van der Waals surface area contributed by atoms with E-state index in [0.29, 0.717) is 18.0 Å². The van der Waals surface area contributed by atoms with Crippen LogP contribution in [0.5, 0.6) is 0 Å². The lowest BCUT2D eigenvalue weighted by Gasteiger charge is -2.27. The largest absolute Gasteiger partial charge is 0.345 e. The average Bonchev–Trinajstić information content (AvgIpc) is 2.93. The Hall–Kier alpha value is -0.610. The van der Waals surface area contributed by atoms with Crippen LogP contribution in [0.3, 0.4) is 0 Å². The molecule has 1 aliphatic rings. The summed E-state index contributed by atoms with van der Waals surface area (Å²) in [5.41, 5.74) is 1.19. The van der Waals surface area contributed by atoms with Crippen LogP contribution in [0, 0.1) is 12.8 Å². The van der Waals surface area contributed by atoms with Crippen LogP contribution in [-0.4, -0.2) is 24.6 Å². The average molecular weight is 267 g/mol. The maximum Gasteiger partial charge on any atom is 0.186 e. The summed E-state index contributed by atoms with van der Waals surface area (Å²) in [5.74, 6) is 0.710. The molecule has 0 bridgehead atoms. The highest BCUT2D eigenvalue weighted by Gasteiger charge is 2.30. The van der Waals surface area contributed by atoms with E-state index in [4.69, 9.17) is 4.98 Å². The van der Waals surface area contributed by atoms with Gasteiger partial charge in [0.1, 0.15) is 0 Å². The highest BCUT2D eigenvalue weighted by molar-refractivity contribution is 7.15. The molecular formula is C14H25N3S. The minimum absolute atomic E-state index is 0.399. The first kappa shape index (κ1) is 13.8. The highest BCUT2D eigenvalue weighted by Crippen LogP contribution is 2.36. The summed E-state index contributed by atoms with van der Waals surface area (Å²) in [4.78, 5) is 8.70. The second kappa shape index (κ2) is 5.57. The predicted molar refractivity (Wildman–Crippen MR) is 79.5 cm³/mol. The number of anilines is 1. The fourth-order valence-electron chi connectivity index (χ4n) is 2.77. The molecule has 0 spiro atoms. The molecule has 1 aliphatic heterocycles. The number of rotatable bonds is 4. The van der Waals surface area contributed by atoms with Gasteiger partial charge in [0, 0.05) is 23.5 Å². The van der Waals surface area contributed by atoms with Gasteiger partial charge < -0.3 is 10.2 Å². The summed E-state index contributed by atoms with van der Waals surface area (Å²) in [6.45, 7) is 10.1. The maximum atomic E-state index is 4.80. The quantitative estimate of drug-likeness (QED) is 0.906. The molecule has 0 aromatic carbocycles. The summed E-state index contributed by atoms with van der Waals surface area (Å²) < 4.78 is 0. The van der Waals surface area contributed by atoms with Crippen LogP contribution in [0.25, 0.3) is 0 Å². The smallest absolute Gasteiger partial charge is 0.186 e. The molecule has 1 aromatic rings. The van der Waals surface area contributed by atoms with E-state index in [0.717, 1.165) is 0 Å². The standard InChI is InChI=1S/C14H25N3S/c1-9(2)12-7-6-8-17(12)14-16-11(4)13(18-14)10(3)15-5/h9-10,12,15H,6-8H2,1-5H3. The molecule has 2 heterocycles. The van der Waals surface area contributed by atoms with Gasteiger partial charge in [0.2, 0.25) is 0 Å². The molecule has 2 atom stereocenters. The Balaban J connectivity index is 2.23. The summed E-state index contributed by atoms with van der Waals surface area (Å²) >= 11 is 1.86. The van der Waals surface area contributed by atoms with Gasteiger partial charge in [-0.15, -0.1) is 11.3 Å². The fraction of sp³-hybridized carbons (Fsp3) is 0.786. The molecule has 18 heavy (non-hydrogen) atoms. The second-order valence-corrected chi connectivity index (χ2v) is 6.61. The van der Waals surface area contributed by atoms with Gasteiger partial charge in [-0.1, -0.05) is 13.8 Å². The lowest BCUT2D eigenvalue weighted by Crippen LogP contribution is -2.33. The SMILES string of the molecule is CNC(C)c1sc(N2CCCC2C(C)C)nc1C. The van der Waals surface area contributed by atoms with Crippen molar-refractivity contribution in [1.29, 1.82) is 0 Å². The Labute approximate surface area is 115 Å². The van der Waals surface area contributed by atoms with Crippen LogP contribution >= 0.6 is 11.3 Å². The molecule has 0 amide bonds. The first-order valence-electron chi connectivity index (χ1n) is 6.95. The van der Waals surface area contributed by atoms with Crippen LogP contribution in [-0.2, 0) is 0 Å². The third-order valence-electron chi connectivity index (χ3n) is 3.96. The Morgan fingerprint density at radius 3 is 2.72 bits per heavy atom. The maximum absolute atomic E-state index is 4.80. The summed E-state index contributed by atoms with van der Waals surface area (Å²) in [5, 5.41) is 4.53. The second-order valence-electron chi connectivity index (χ2n) is 5.60. The molecule has 4 heteroatoms. The zero-order valence-corrected chi connectivity index (χ0v) is 13.0. The Kier molecular flexibility index (Phi) is 4.28. The third kappa shape index (κ3) is 2.54. The van der Waals surface area contributed by atoms with Gasteiger partial charge in [-0.05, 0) is 39.7 Å². The van der Waals surface area contributed by atoms with E-state index in [1.165, 1.54) is 35.1 Å². The molecule has 1 saturated heterocycles. The van der Waals surface area contributed by atoms with E-state index in [9.17, 15) is 0 Å². The molecule has 2 rings (SSSR count). The highest BCUT2D eigenvalue weighted by atomic mass is 32.1. The van der Waals surface area contributed by atoms with Gasteiger partial charge in [-0.2, -0.15) is 0 Å². The summed E-state index contributed by atoms with van der Waals surface area (Å²) in [6.07, 6.45) is 2.62. The minimum atomic E-state index is 0.399. The number of thiazole rings is 1. The summed E-state index contributed by atoms with van der Waals surface area (Å²) in [7, 11) is 2.01. The van der Waals surface area contributed by atoms with Gasteiger partial charge in [-0.25, -0.2) is 4.98 Å². The fourth-order valence-corrected chi connectivity index (χ4v) is 3.98. The van der Waals surface area contributed by atoms with Crippen molar-refractivity contribution in [2.45, 2.75) is 52.6 Å². The van der Waals surface area contributed by atoms with E-state index in [-0.39, 0.29) is 0 Å². The van der Waals surface area contributed by atoms with Crippen molar-refractivity contribution in [1.82, 2.24) is 10.3 Å². The zero-order chi connectivity index (χ0) is 13.3. The van der Waals surface area contributed by atoms with Crippen molar-refractivity contribution in [3.63, 3.8) is 0 Å². The lowest BCUT2D eigenvalue weighted by molar-refractivity contribution is 0.491. The van der Waals surface area contributed by atoms with E-state index in [1.807, 2.05) is 18.4 Å². The molecule has 3 nitrogen and oxygen atoms in total. The number of aryl methyl sites for hydroxylation is 1. The molecule has 0 radical (unpaired) electrons. The van der Waals surface area contributed by atoms with Crippen molar-refractivity contribution in [3.05, 3.63) is 10.6 Å². The Bertz CT molecular complexity index is 400. The number of nitrogens with one attached hydrogen (secondary N) is 1. The van der Waals surface area contributed by atoms with Gasteiger partial charge in [0.05, 0.1) is 5.69 Å². The first-order valence-corrected chi connectivity index (χ1v) is 7.77. The van der Waals surface area contributed by atoms with Crippen molar-refractivity contribution < 1.29 is 0 Å².